The third-order valence-electron chi connectivity index (χ3n) is 3.15. The molecule has 6 heteroatoms. The Morgan fingerprint density at radius 3 is 2.57 bits per heavy atom. The number of para-hydroxylation sites is 1. The van der Waals surface area contributed by atoms with Crippen LogP contribution in [0.1, 0.15) is 23.8 Å². The maximum Gasteiger partial charge on any atom is 0.390 e. The largest absolute Gasteiger partial charge is 0.390 e. The number of benzene rings is 1. The van der Waals surface area contributed by atoms with E-state index in [1.165, 1.54) is 0 Å². The van der Waals surface area contributed by atoms with Crippen LogP contribution < -0.4 is 0 Å². The molecule has 0 spiro atoms. The average Bonchev–Trinajstić information content (AvgIpc) is 2.46. The first kappa shape index (κ1) is 15.3. The topological polar surface area (TPSA) is 33.2 Å². The molecule has 0 unspecified atom stereocenters. The molecule has 0 saturated heterocycles. The number of nitrogens with zero attached hydrogens (tertiary/aromatic N) is 2. The summed E-state index contributed by atoms with van der Waals surface area (Å²) in [5, 5.41) is 0.882. The quantitative estimate of drug-likeness (QED) is 0.863. The Morgan fingerprint density at radius 1 is 1.19 bits per heavy atom. The van der Waals surface area contributed by atoms with E-state index in [4.69, 9.17) is 0 Å². The molecule has 0 atom stereocenters. The van der Waals surface area contributed by atoms with Gasteiger partial charge in [0, 0.05) is 18.5 Å². The summed E-state index contributed by atoms with van der Waals surface area (Å²) in [5.74, 6) is -0.479. The Bertz CT molecular complexity index is 640. The van der Waals surface area contributed by atoms with Crippen LogP contribution in [0, 0.1) is 0 Å². The second kappa shape index (κ2) is 6.11. The molecule has 1 aromatic carbocycles. The Kier molecular flexibility index (Phi) is 4.45. The summed E-state index contributed by atoms with van der Waals surface area (Å²) in [6.45, 7) is 1.51. The first-order valence-electron chi connectivity index (χ1n) is 6.62. The molecule has 2 aromatic rings. The van der Waals surface area contributed by atoms with E-state index < -0.39 is 18.5 Å². The lowest BCUT2D eigenvalue weighted by Gasteiger charge is -2.21. The van der Waals surface area contributed by atoms with Gasteiger partial charge >= 0.3 is 6.18 Å². The molecule has 3 nitrogen and oxygen atoms in total. The van der Waals surface area contributed by atoms with E-state index in [2.05, 4.69) is 4.98 Å². The van der Waals surface area contributed by atoms with Crippen LogP contribution in [0.5, 0.6) is 0 Å². The first-order valence-corrected chi connectivity index (χ1v) is 6.62. The SMILES string of the molecule is CCN(CCC(F)(F)F)C(=O)c1ccc2ccccc2n1. The fourth-order valence-corrected chi connectivity index (χ4v) is 2.01. The minimum Gasteiger partial charge on any atom is -0.337 e. The predicted octanol–water partition coefficient (Wildman–Crippen LogP) is 3.65. The number of carbonyl (C=O) groups is 1. The number of rotatable bonds is 4. The van der Waals surface area contributed by atoms with Crippen molar-refractivity contribution in [3.05, 3.63) is 42.1 Å². The van der Waals surface area contributed by atoms with Crippen molar-refractivity contribution < 1.29 is 18.0 Å². The van der Waals surface area contributed by atoms with Crippen LogP contribution in [0.15, 0.2) is 36.4 Å². The van der Waals surface area contributed by atoms with Gasteiger partial charge in [0.25, 0.3) is 5.91 Å². The van der Waals surface area contributed by atoms with E-state index in [1.54, 1.807) is 31.2 Å². The van der Waals surface area contributed by atoms with E-state index in [-0.39, 0.29) is 18.8 Å². The van der Waals surface area contributed by atoms with Crippen molar-refractivity contribution in [3.8, 4) is 0 Å². The summed E-state index contributed by atoms with van der Waals surface area (Å²) in [6, 6.07) is 10.6. The molecule has 0 aliphatic rings. The van der Waals surface area contributed by atoms with E-state index >= 15 is 0 Å². The highest BCUT2D eigenvalue weighted by atomic mass is 19.4. The van der Waals surface area contributed by atoms with Gasteiger partial charge in [-0.05, 0) is 19.1 Å². The zero-order chi connectivity index (χ0) is 15.5. The van der Waals surface area contributed by atoms with Crippen molar-refractivity contribution in [1.29, 1.82) is 0 Å². The van der Waals surface area contributed by atoms with Gasteiger partial charge in [-0.15, -0.1) is 0 Å². The van der Waals surface area contributed by atoms with Crippen molar-refractivity contribution in [2.75, 3.05) is 13.1 Å². The van der Waals surface area contributed by atoms with Crippen LogP contribution in [0.4, 0.5) is 13.2 Å². The summed E-state index contributed by atoms with van der Waals surface area (Å²) in [7, 11) is 0. The van der Waals surface area contributed by atoms with Crippen molar-refractivity contribution in [1.82, 2.24) is 9.88 Å². The molecular weight excluding hydrogens is 281 g/mol. The molecule has 21 heavy (non-hydrogen) atoms. The van der Waals surface area contributed by atoms with E-state index in [1.807, 2.05) is 12.1 Å². The number of halogens is 3. The van der Waals surface area contributed by atoms with Crippen molar-refractivity contribution in [3.63, 3.8) is 0 Å². The van der Waals surface area contributed by atoms with Crippen LogP contribution >= 0.6 is 0 Å². The van der Waals surface area contributed by atoms with E-state index in [0.717, 1.165) is 10.3 Å². The Morgan fingerprint density at radius 2 is 1.90 bits per heavy atom. The molecule has 0 bridgehead atoms. The van der Waals surface area contributed by atoms with Gasteiger partial charge in [0.05, 0.1) is 11.9 Å². The van der Waals surface area contributed by atoms with Gasteiger partial charge in [0.15, 0.2) is 0 Å². The third-order valence-corrected chi connectivity index (χ3v) is 3.15. The maximum atomic E-state index is 12.3. The van der Waals surface area contributed by atoms with E-state index in [0.29, 0.717) is 5.52 Å². The highest BCUT2D eigenvalue weighted by Crippen LogP contribution is 2.20. The molecule has 1 heterocycles. The summed E-state index contributed by atoms with van der Waals surface area (Å²) in [4.78, 5) is 17.6. The van der Waals surface area contributed by atoms with Crippen molar-refractivity contribution in [2.24, 2.45) is 0 Å². The number of hydrogen-bond donors (Lipinski definition) is 0. The monoisotopic (exact) mass is 296 g/mol. The number of fused-ring (bicyclic) bond motifs is 1. The number of hydrogen-bond acceptors (Lipinski definition) is 2. The maximum absolute atomic E-state index is 12.3. The lowest BCUT2D eigenvalue weighted by molar-refractivity contribution is -0.136. The van der Waals surface area contributed by atoms with Gasteiger partial charge in [0.2, 0.25) is 0 Å². The van der Waals surface area contributed by atoms with Gasteiger partial charge < -0.3 is 4.90 Å². The molecule has 1 amide bonds. The van der Waals surface area contributed by atoms with Crippen molar-refractivity contribution in [2.45, 2.75) is 19.5 Å². The zero-order valence-electron chi connectivity index (χ0n) is 11.5. The molecule has 1 aromatic heterocycles. The molecule has 0 radical (unpaired) electrons. The Hall–Kier alpha value is -2.11. The zero-order valence-corrected chi connectivity index (χ0v) is 11.5. The smallest absolute Gasteiger partial charge is 0.337 e. The number of aromatic nitrogens is 1. The molecule has 0 saturated carbocycles. The second-order valence-corrected chi connectivity index (χ2v) is 4.64. The lowest BCUT2D eigenvalue weighted by Crippen LogP contribution is -2.34. The molecule has 112 valence electrons. The van der Waals surface area contributed by atoms with Crippen LogP contribution in [-0.4, -0.2) is 35.1 Å². The highest BCUT2D eigenvalue weighted by molar-refractivity contribution is 5.94. The summed E-state index contributed by atoms with van der Waals surface area (Å²) in [6.07, 6.45) is -5.29. The molecule has 0 aliphatic heterocycles. The number of carbonyl (C=O) groups excluding carboxylic acids is 1. The summed E-state index contributed by atoms with van der Waals surface area (Å²) < 4.78 is 36.8. The third kappa shape index (κ3) is 3.93. The minimum atomic E-state index is -4.27. The number of pyridine rings is 1. The minimum absolute atomic E-state index is 0.165. The molecule has 0 fully saturated rings. The summed E-state index contributed by atoms with van der Waals surface area (Å²) in [5.41, 5.74) is 0.813. The average molecular weight is 296 g/mol. The highest BCUT2D eigenvalue weighted by Gasteiger charge is 2.29. The molecular formula is C15H15F3N2O. The Balaban J connectivity index is 2.19. The van der Waals surface area contributed by atoms with Crippen molar-refractivity contribution >= 4 is 16.8 Å². The van der Waals surface area contributed by atoms with Gasteiger partial charge in [-0.1, -0.05) is 24.3 Å². The second-order valence-electron chi connectivity index (χ2n) is 4.64. The predicted molar refractivity (Wildman–Crippen MR) is 74.0 cm³/mol. The van der Waals surface area contributed by atoms with Gasteiger partial charge in [-0.2, -0.15) is 13.2 Å². The van der Waals surface area contributed by atoms with Gasteiger partial charge in [0.1, 0.15) is 5.69 Å². The van der Waals surface area contributed by atoms with Gasteiger partial charge in [-0.3, -0.25) is 4.79 Å². The van der Waals surface area contributed by atoms with E-state index in [9.17, 15) is 18.0 Å². The van der Waals surface area contributed by atoms with Crippen LogP contribution in [0.2, 0.25) is 0 Å². The fourth-order valence-electron chi connectivity index (χ4n) is 2.01. The normalized spacial score (nSPS) is 11.6. The lowest BCUT2D eigenvalue weighted by atomic mass is 10.2. The number of alkyl halides is 3. The molecule has 0 aliphatic carbocycles. The Labute approximate surface area is 120 Å². The van der Waals surface area contributed by atoms with Crippen LogP contribution in [0.25, 0.3) is 10.9 Å². The number of amides is 1. The summed E-state index contributed by atoms with van der Waals surface area (Å²) >= 11 is 0. The van der Waals surface area contributed by atoms with Crippen LogP contribution in [0.3, 0.4) is 0 Å². The fraction of sp³-hybridized carbons (Fsp3) is 0.333. The molecule has 2 rings (SSSR count). The first-order chi connectivity index (χ1) is 9.90. The van der Waals surface area contributed by atoms with Crippen LogP contribution in [-0.2, 0) is 0 Å². The van der Waals surface area contributed by atoms with Gasteiger partial charge in [-0.25, -0.2) is 4.98 Å². The molecule has 0 N–H and O–H groups in total. The standard InChI is InChI=1S/C15H15F3N2O/c1-2-20(10-9-15(16,17)18)14(21)13-8-7-11-5-3-4-6-12(11)19-13/h3-8H,2,9-10H2,1H3.